The summed E-state index contributed by atoms with van der Waals surface area (Å²) in [7, 11) is 0. The first-order valence-electron chi connectivity index (χ1n) is 2.84. The molecule has 0 unspecified atom stereocenters. The van der Waals surface area contributed by atoms with E-state index in [4.69, 9.17) is 20.1 Å². The summed E-state index contributed by atoms with van der Waals surface area (Å²) in [5.41, 5.74) is 0. The Morgan fingerprint density at radius 2 is 1.44 bits per heavy atom. The molecule has 0 bridgehead atoms. The summed E-state index contributed by atoms with van der Waals surface area (Å²) in [4.78, 5) is 0. The lowest BCUT2D eigenvalue weighted by molar-refractivity contribution is -0.150. The van der Waals surface area contributed by atoms with Crippen molar-refractivity contribution in [1.29, 1.82) is 0 Å². The first-order chi connectivity index (χ1) is 4.22. The molecule has 4 nitrogen and oxygen atoms in total. The summed E-state index contributed by atoms with van der Waals surface area (Å²) in [6.07, 6.45) is -2.92. The van der Waals surface area contributed by atoms with Gasteiger partial charge in [0, 0.05) is 0 Å². The normalized spacial score (nSPS) is 45.0. The predicted octanol–water partition coefficient (Wildman–Crippen LogP) is -1.90. The van der Waals surface area contributed by atoms with E-state index < -0.39 is 18.3 Å². The van der Waals surface area contributed by atoms with Gasteiger partial charge < -0.3 is 20.1 Å². The maximum Gasteiger partial charge on any atom is 0.110 e. The molecule has 54 valence electrons. The van der Waals surface area contributed by atoms with Crippen LogP contribution in [-0.2, 0) is 4.74 Å². The monoisotopic (exact) mass is 134 g/mol. The third-order valence-electron chi connectivity index (χ3n) is 1.37. The van der Waals surface area contributed by atoms with Gasteiger partial charge in [-0.25, -0.2) is 0 Å². The zero-order valence-corrected chi connectivity index (χ0v) is 4.90. The zero-order chi connectivity index (χ0) is 6.85. The molecule has 0 aliphatic carbocycles. The number of hydrogen-bond acceptors (Lipinski definition) is 4. The van der Waals surface area contributed by atoms with Crippen molar-refractivity contribution in [3.8, 4) is 0 Å². The van der Waals surface area contributed by atoms with Crippen LogP contribution in [0.15, 0.2) is 0 Å². The summed E-state index contributed by atoms with van der Waals surface area (Å²) in [5, 5.41) is 26.5. The number of hydrogen-bond donors (Lipinski definition) is 3. The minimum absolute atomic E-state index is 0.109. The highest BCUT2D eigenvalue weighted by Crippen LogP contribution is 2.07. The first kappa shape index (κ1) is 6.95. The molecule has 0 aromatic carbocycles. The third-order valence-corrected chi connectivity index (χ3v) is 1.37. The molecule has 9 heavy (non-hydrogen) atoms. The smallest absolute Gasteiger partial charge is 0.110 e. The van der Waals surface area contributed by atoms with E-state index >= 15 is 0 Å². The first-order valence-corrected chi connectivity index (χ1v) is 2.84. The second kappa shape index (κ2) is 2.62. The number of rotatable bonds is 0. The van der Waals surface area contributed by atoms with Crippen LogP contribution in [0.4, 0.5) is 0 Å². The van der Waals surface area contributed by atoms with Crippen molar-refractivity contribution in [1.82, 2.24) is 0 Å². The van der Waals surface area contributed by atoms with E-state index in [1.807, 2.05) is 0 Å². The maximum absolute atomic E-state index is 8.87. The van der Waals surface area contributed by atoms with Gasteiger partial charge in [0.2, 0.25) is 0 Å². The summed E-state index contributed by atoms with van der Waals surface area (Å²) < 4.78 is 4.70. The largest absolute Gasteiger partial charge is 0.388 e. The van der Waals surface area contributed by atoms with Crippen molar-refractivity contribution in [3.63, 3.8) is 0 Å². The summed E-state index contributed by atoms with van der Waals surface area (Å²) in [5.74, 6) is 0. The van der Waals surface area contributed by atoms with Gasteiger partial charge in [-0.05, 0) is 0 Å². The molecule has 0 spiro atoms. The fourth-order valence-electron chi connectivity index (χ4n) is 0.763. The molecule has 4 heteroatoms. The standard InChI is InChI=1S/C5H10O4/c6-3-1-9-2-4(7)5(3)8/h3-8H,1-2H2/t3-,4+,5+. The Morgan fingerprint density at radius 1 is 1.00 bits per heavy atom. The van der Waals surface area contributed by atoms with E-state index in [2.05, 4.69) is 0 Å². The summed E-state index contributed by atoms with van der Waals surface area (Å²) in [6, 6.07) is 0. The van der Waals surface area contributed by atoms with Crippen LogP contribution in [-0.4, -0.2) is 46.8 Å². The van der Waals surface area contributed by atoms with E-state index in [1.165, 1.54) is 0 Å². The number of aliphatic hydroxyl groups excluding tert-OH is 3. The van der Waals surface area contributed by atoms with Crippen molar-refractivity contribution < 1.29 is 20.1 Å². The van der Waals surface area contributed by atoms with Crippen molar-refractivity contribution >= 4 is 0 Å². The van der Waals surface area contributed by atoms with Crippen LogP contribution in [0.1, 0.15) is 0 Å². The molecular formula is C5H10O4. The molecule has 0 aromatic rings. The second-order valence-electron chi connectivity index (χ2n) is 2.16. The van der Waals surface area contributed by atoms with E-state index in [0.29, 0.717) is 0 Å². The van der Waals surface area contributed by atoms with Crippen LogP contribution in [0.25, 0.3) is 0 Å². The maximum atomic E-state index is 8.87. The van der Waals surface area contributed by atoms with Crippen LogP contribution in [0, 0.1) is 0 Å². The fourth-order valence-corrected chi connectivity index (χ4v) is 0.763. The van der Waals surface area contributed by atoms with Crippen molar-refractivity contribution in [2.24, 2.45) is 0 Å². The van der Waals surface area contributed by atoms with Gasteiger partial charge in [0.15, 0.2) is 0 Å². The van der Waals surface area contributed by atoms with Crippen molar-refractivity contribution in [2.75, 3.05) is 13.2 Å². The van der Waals surface area contributed by atoms with Gasteiger partial charge in [-0.3, -0.25) is 0 Å². The Morgan fingerprint density at radius 3 is 1.78 bits per heavy atom. The lowest BCUT2D eigenvalue weighted by atomic mass is 10.1. The minimum atomic E-state index is -1.04. The summed E-state index contributed by atoms with van der Waals surface area (Å²) in [6.45, 7) is 0.219. The molecule has 1 aliphatic rings. The molecule has 1 heterocycles. The molecule has 3 N–H and O–H groups in total. The highest BCUT2D eigenvalue weighted by molar-refractivity contribution is 4.78. The zero-order valence-electron chi connectivity index (χ0n) is 4.90. The quantitative estimate of drug-likeness (QED) is 0.362. The molecule has 0 amide bonds. The molecule has 1 fully saturated rings. The summed E-state index contributed by atoms with van der Waals surface area (Å²) >= 11 is 0. The number of ether oxygens (including phenoxy) is 1. The second-order valence-corrected chi connectivity index (χ2v) is 2.16. The highest BCUT2D eigenvalue weighted by atomic mass is 16.5. The Kier molecular flexibility index (Phi) is 2.02. The van der Waals surface area contributed by atoms with Gasteiger partial charge in [-0.1, -0.05) is 0 Å². The topological polar surface area (TPSA) is 69.9 Å². The molecule has 3 atom stereocenters. The van der Waals surface area contributed by atoms with Crippen LogP contribution >= 0.6 is 0 Å². The van der Waals surface area contributed by atoms with Gasteiger partial charge in [-0.2, -0.15) is 0 Å². The molecule has 1 aliphatic heterocycles. The van der Waals surface area contributed by atoms with Crippen molar-refractivity contribution in [3.05, 3.63) is 0 Å². The Hall–Kier alpha value is -0.160. The lowest BCUT2D eigenvalue weighted by Gasteiger charge is -2.27. The average molecular weight is 134 g/mol. The average Bonchev–Trinajstić information content (AvgIpc) is 1.83. The SMILES string of the molecule is O[C@H]1[C@H](O)COC[C@@H]1O. The van der Waals surface area contributed by atoms with Gasteiger partial charge in [0.25, 0.3) is 0 Å². The molecule has 0 aromatic heterocycles. The van der Waals surface area contributed by atoms with Crippen LogP contribution < -0.4 is 0 Å². The van der Waals surface area contributed by atoms with Crippen molar-refractivity contribution in [2.45, 2.75) is 18.3 Å². The van der Waals surface area contributed by atoms with E-state index in [1.54, 1.807) is 0 Å². The Labute approximate surface area is 52.7 Å². The van der Waals surface area contributed by atoms with Gasteiger partial charge in [0.1, 0.15) is 18.3 Å². The van der Waals surface area contributed by atoms with Gasteiger partial charge in [-0.15, -0.1) is 0 Å². The van der Waals surface area contributed by atoms with E-state index in [-0.39, 0.29) is 13.2 Å². The molecule has 1 rings (SSSR count). The molecule has 0 radical (unpaired) electrons. The fraction of sp³-hybridized carbons (Fsp3) is 1.00. The highest BCUT2D eigenvalue weighted by Gasteiger charge is 2.29. The minimum Gasteiger partial charge on any atom is -0.388 e. The predicted molar refractivity (Wildman–Crippen MR) is 28.8 cm³/mol. The molecular weight excluding hydrogens is 124 g/mol. The molecule has 0 saturated carbocycles. The van der Waals surface area contributed by atoms with Crippen LogP contribution in [0.2, 0.25) is 0 Å². The van der Waals surface area contributed by atoms with E-state index in [9.17, 15) is 0 Å². The van der Waals surface area contributed by atoms with E-state index in [0.717, 1.165) is 0 Å². The number of aliphatic hydroxyl groups is 3. The Balaban J connectivity index is 2.41. The van der Waals surface area contributed by atoms with Crippen LogP contribution in [0.5, 0.6) is 0 Å². The van der Waals surface area contributed by atoms with Gasteiger partial charge in [0.05, 0.1) is 13.2 Å². The Bertz CT molecular complexity index is 85.0. The lowest BCUT2D eigenvalue weighted by Crippen LogP contribution is -2.47. The van der Waals surface area contributed by atoms with Crippen LogP contribution in [0.3, 0.4) is 0 Å². The molecule has 1 saturated heterocycles. The van der Waals surface area contributed by atoms with Gasteiger partial charge >= 0.3 is 0 Å². The third kappa shape index (κ3) is 1.40.